The molecule has 1 heterocycles. The predicted molar refractivity (Wildman–Crippen MR) is 45.5 cm³/mol. The molecule has 2 N–H and O–H groups in total. The minimum absolute atomic E-state index is 0.850. The Hall–Kier alpha value is -0.830. The SMILES string of the molecule is CCc1nc(CNC)c(C)[nH]1. The number of nitrogens with zero attached hydrogens (tertiary/aromatic N) is 1. The molecule has 0 bridgehead atoms. The molecule has 62 valence electrons. The number of rotatable bonds is 3. The number of hydrogen-bond donors (Lipinski definition) is 2. The van der Waals surface area contributed by atoms with E-state index in [9.17, 15) is 0 Å². The normalized spacial score (nSPS) is 10.5. The zero-order valence-corrected chi connectivity index (χ0v) is 7.36. The van der Waals surface area contributed by atoms with E-state index in [2.05, 4.69) is 29.1 Å². The molecular formula is C8H15N3. The molecule has 1 aromatic heterocycles. The van der Waals surface area contributed by atoms with Crippen LogP contribution in [0.5, 0.6) is 0 Å². The fourth-order valence-corrected chi connectivity index (χ4v) is 1.07. The number of aryl methyl sites for hydroxylation is 2. The molecule has 0 radical (unpaired) electrons. The summed E-state index contributed by atoms with van der Waals surface area (Å²) in [6, 6.07) is 0. The van der Waals surface area contributed by atoms with Crippen LogP contribution < -0.4 is 5.32 Å². The van der Waals surface area contributed by atoms with E-state index >= 15 is 0 Å². The summed E-state index contributed by atoms with van der Waals surface area (Å²) in [5.74, 6) is 1.08. The molecule has 0 saturated heterocycles. The molecule has 1 rings (SSSR count). The number of H-pyrrole nitrogens is 1. The average Bonchev–Trinajstić information content (AvgIpc) is 2.33. The lowest BCUT2D eigenvalue weighted by molar-refractivity contribution is 0.787. The maximum absolute atomic E-state index is 4.40. The number of aromatic amines is 1. The third-order valence-electron chi connectivity index (χ3n) is 1.71. The van der Waals surface area contributed by atoms with Gasteiger partial charge in [-0.05, 0) is 14.0 Å². The maximum Gasteiger partial charge on any atom is 0.106 e. The Balaban J connectivity index is 2.79. The number of hydrogen-bond acceptors (Lipinski definition) is 2. The Morgan fingerprint density at radius 2 is 2.27 bits per heavy atom. The average molecular weight is 153 g/mol. The molecule has 0 atom stereocenters. The summed E-state index contributed by atoms with van der Waals surface area (Å²) in [6.45, 7) is 5.00. The van der Waals surface area contributed by atoms with Crippen LogP contribution in [0.3, 0.4) is 0 Å². The highest BCUT2D eigenvalue weighted by molar-refractivity contribution is 5.12. The van der Waals surface area contributed by atoms with Gasteiger partial charge in [0.15, 0.2) is 0 Å². The van der Waals surface area contributed by atoms with Crippen molar-refractivity contribution < 1.29 is 0 Å². The fourth-order valence-electron chi connectivity index (χ4n) is 1.07. The van der Waals surface area contributed by atoms with Crippen molar-refractivity contribution >= 4 is 0 Å². The summed E-state index contributed by atoms with van der Waals surface area (Å²) in [4.78, 5) is 7.63. The highest BCUT2D eigenvalue weighted by atomic mass is 15.0. The number of nitrogens with one attached hydrogen (secondary N) is 2. The Morgan fingerprint density at radius 3 is 2.73 bits per heavy atom. The smallest absolute Gasteiger partial charge is 0.106 e. The van der Waals surface area contributed by atoms with Crippen molar-refractivity contribution in [2.45, 2.75) is 26.8 Å². The number of imidazole rings is 1. The first-order chi connectivity index (χ1) is 5.27. The third-order valence-corrected chi connectivity index (χ3v) is 1.71. The third kappa shape index (κ3) is 1.80. The molecule has 3 nitrogen and oxygen atoms in total. The van der Waals surface area contributed by atoms with Gasteiger partial charge in [-0.2, -0.15) is 0 Å². The monoisotopic (exact) mass is 153 g/mol. The predicted octanol–water partition coefficient (Wildman–Crippen LogP) is 1.000. The standard InChI is InChI=1S/C8H15N3/c1-4-8-10-6(2)7(11-8)5-9-3/h9H,4-5H2,1-3H3,(H,10,11). The quantitative estimate of drug-likeness (QED) is 0.680. The lowest BCUT2D eigenvalue weighted by atomic mass is 10.3. The van der Waals surface area contributed by atoms with Crippen molar-refractivity contribution in [1.29, 1.82) is 0 Å². The first kappa shape index (κ1) is 8.27. The Labute approximate surface area is 67.2 Å². The number of aromatic nitrogens is 2. The molecule has 0 fully saturated rings. The van der Waals surface area contributed by atoms with Gasteiger partial charge in [0.2, 0.25) is 0 Å². The summed E-state index contributed by atoms with van der Waals surface area (Å²) in [7, 11) is 1.93. The second-order valence-electron chi connectivity index (χ2n) is 2.64. The molecule has 0 aliphatic carbocycles. The van der Waals surface area contributed by atoms with Gasteiger partial charge in [-0.15, -0.1) is 0 Å². The van der Waals surface area contributed by atoms with E-state index in [1.807, 2.05) is 7.05 Å². The molecule has 0 amide bonds. The molecule has 0 aromatic carbocycles. The van der Waals surface area contributed by atoms with Crippen LogP contribution in [0.1, 0.15) is 24.1 Å². The molecule has 0 aliphatic rings. The van der Waals surface area contributed by atoms with Gasteiger partial charge in [0.05, 0.1) is 5.69 Å². The molecule has 3 heteroatoms. The summed E-state index contributed by atoms with van der Waals surface area (Å²) in [5, 5.41) is 3.08. The Morgan fingerprint density at radius 1 is 1.55 bits per heavy atom. The van der Waals surface area contributed by atoms with Crippen molar-refractivity contribution in [2.75, 3.05) is 7.05 Å². The van der Waals surface area contributed by atoms with Crippen molar-refractivity contribution in [3.05, 3.63) is 17.2 Å². The van der Waals surface area contributed by atoms with Crippen LogP contribution in [0.4, 0.5) is 0 Å². The molecule has 0 saturated carbocycles. The van der Waals surface area contributed by atoms with Gasteiger partial charge in [0.25, 0.3) is 0 Å². The molecule has 11 heavy (non-hydrogen) atoms. The van der Waals surface area contributed by atoms with E-state index in [1.54, 1.807) is 0 Å². The van der Waals surface area contributed by atoms with Crippen molar-refractivity contribution in [1.82, 2.24) is 15.3 Å². The van der Waals surface area contributed by atoms with E-state index in [1.165, 1.54) is 5.69 Å². The van der Waals surface area contributed by atoms with Crippen LogP contribution >= 0.6 is 0 Å². The lowest BCUT2D eigenvalue weighted by Crippen LogP contribution is -2.06. The highest BCUT2D eigenvalue weighted by Crippen LogP contribution is 2.04. The maximum atomic E-state index is 4.40. The van der Waals surface area contributed by atoms with Gasteiger partial charge >= 0.3 is 0 Å². The van der Waals surface area contributed by atoms with Gasteiger partial charge in [0.1, 0.15) is 5.82 Å². The minimum atomic E-state index is 0.850. The van der Waals surface area contributed by atoms with Gasteiger partial charge in [-0.25, -0.2) is 4.98 Å². The molecular weight excluding hydrogens is 138 g/mol. The molecule has 0 unspecified atom stereocenters. The van der Waals surface area contributed by atoms with Crippen LogP contribution in [0.25, 0.3) is 0 Å². The summed E-state index contributed by atoms with van der Waals surface area (Å²) < 4.78 is 0. The van der Waals surface area contributed by atoms with Crippen LogP contribution in [-0.4, -0.2) is 17.0 Å². The van der Waals surface area contributed by atoms with Crippen LogP contribution in [0.2, 0.25) is 0 Å². The minimum Gasteiger partial charge on any atom is -0.346 e. The lowest BCUT2D eigenvalue weighted by Gasteiger charge is -1.93. The van der Waals surface area contributed by atoms with Gasteiger partial charge in [-0.3, -0.25) is 0 Å². The Kier molecular flexibility index (Phi) is 2.65. The van der Waals surface area contributed by atoms with E-state index in [4.69, 9.17) is 0 Å². The summed E-state index contributed by atoms with van der Waals surface area (Å²) in [5.41, 5.74) is 2.31. The van der Waals surface area contributed by atoms with E-state index in [0.717, 1.165) is 24.5 Å². The second kappa shape index (κ2) is 3.53. The zero-order valence-electron chi connectivity index (χ0n) is 7.36. The largest absolute Gasteiger partial charge is 0.346 e. The van der Waals surface area contributed by atoms with Crippen LogP contribution in [0, 0.1) is 6.92 Å². The van der Waals surface area contributed by atoms with Gasteiger partial charge in [0, 0.05) is 18.7 Å². The molecule has 0 spiro atoms. The van der Waals surface area contributed by atoms with E-state index in [-0.39, 0.29) is 0 Å². The van der Waals surface area contributed by atoms with Crippen molar-refractivity contribution in [2.24, 2.45) is 0 Å². The first-order valence-corrected chi connectivity index (χ1v) is 3.96. The second-order valence-corrected chi connectivity index (χ2v) is 2.64. The fraction of sp³-hybridized carbons (Fsp3) is 0.625. The first-order valence-electron chi connectivity index (χ1n) is 3.96. The summed E-state index contributed by atoms with van der Waals surface area (Å²) >= 11 is 0. The topological polar surface area (TPSA) is 40.7 Å². The van der Waals surface area contributed by atoms with Crippen LogP contribution in [0.15, 0.2) is 0 Å². The van der Waals surface area contributed by atoms with Crippen molar-refractivity contribution in [3.8, 4) is 0 Å². The molecule has 1 aromatic rings. The zero-order chi connectivity index (χ0) is 8.27. The Bertz CT molecular complexity index is 227. The van der Waals surface area contributed by atoms with Crippen LogP contribution in [-0.2, 0) is 13.0 Å². The molecule has 0 aliphatic heterocycles. The van der Waals surface area contributed by atoms with Gasteiger partial charge < -0.3 is 10.3 Å². The van der Waals surface area contributed by atoms with Gasteiger partial charge in [-0.1, -0.05) is 6.92 Å². The van der Waals surface area contributed by atoms with E-state index in [0.29, 0.717) is 0 Å². The van der Waals surface area contributed by atoms with E-state index < -0.39 is 0 Å². The van der Waals surface area contributed by atoms with Crippen molar-refractivity contribution in [3.63, 3.8) is 0 Å². The summed E-state index contributed by atoms with van der Waals surface area (Å²) in [6.07, 6.45) is 0.977. The highest BCUT2D eigenvalue weighted by Gasteiger charge is 2.02.